The Balaban J connectivity index is 1.83. The van der Waals surface area contributed by atoms with Crippen LogP contribution in [0.1, 0.15) is 31.4 Å². The van der Waals surface area contributed by atoms with Gasteiger partial charge in [0.05, 0.1) is 6.61 Å². The molecule has 4 N–H and O–H groups in total. The van der Waals surface area contributed by atoms with E-state index in [0.717, 1.165) is 5.56 Å². The molecule has 0 radical (unpaired) electrons. The Kier molecular flexibility index (Phi) is 10.5. The molecule has 7 nitrogen and oxygen atoms in total. The summed E-state index contributed by atoms with van der Waals surface area (Å²) in [5.41, 5.74) is 1.76. The number of amides is 1. The minimum Gasteiger partial charge on any atom is -0.494 e. The minimum atomic E-state index is -1.46. The van der Waals surface area contributed by atoms with Crippen molar-refractivity contribution >= 4 is 19.1 Å². The van der Waals surface area contributed by atoms with Crippen LogP contribution in [-0.4, -0.2) is 48.2 Å². The molecule has 0 saturated carbocycles. The van der Waals surface area contributed by atoms with E-state index in [0.29, 0.717) is 37.3 Å². The molecule has 0 saturated heterocycles. The van der Waals surface area contributed by atoms with E-state index in [1.54, 1.807) is 24.3 Å². The Labute approximate surface area is 189 Å². The first-order valence-electron chi connectivity index (χ1n) is 10.7. The quantitative estimate of drug-likeness (QED) is 0.176. The van der Waals surface area contributed by atoms with E-state index in [2.05, 4.69) is 10.6 Å². The van der Waals surface area contributed by atoms with E-state index in [1.165, 1.54) is 6.08 Å². The Morgan fingerprint density at radius 1 is 1.19 bits per heavy atom. The van der Waals surface area contributed by atoms with Gasteiger partial charge in [-0.05, 0) is 62.6 Å². The zero-order valence-electron chi connectivity index (χ0n) is 18.5. The van der Waals surface area contributed by atoms with Gasteiger partial charge in [0, 0.05) is 12.0 Å². The molecule has 1 atom stereocenters. The van der Waals surface area contributed by atoms with E-state index in [4.69, 9.17) is 4.74 Å². The monoisotopic (exact) mass is 435 g/mol. The van der Waals surface area contributed by atoms with Crippen molar-refractivity contribution in [3.63, 3.8) is 0 Å². The van der Waals surface area contributed by atoms with E-state index in [-0.39, 0.29) is 11.6 Å². The van der Waals surface area contributed by atoms with Crippen LogP contribution in [0, 0.1) is 11.3 Å². The summed E-state index contributed by atoms with van der Waals surface area (Å²) in [6, 6.07) is 18.7. The molecule has 2 rings (SSSR count). The second-order valence-corrected chi connectivity index (χ2v) is 7.74. The van der Waals surface area contributed by atoms with Gasteiger partial charge in [-0.3, -0.25) is 4.79 Å². The third-order valence-electron chi connectivity index (χ3n) is 4.61. The lowest BCUT2D eigenvalue weighted by Gasteiger charge is -2.18. The number of nitriles is 1. The molecule has 168 valence electrons. The Morgan fingerprint density at radius 3 is 2.59 bits per heavy atom. The predicted molar refractivity (Wildman–Crippen MR) is 126 cm³/mol. The third kappa shape index (κ3) is 8.94. The highest BCUT2D eigenvalue weighted by molar-refractivity contribution is 6.43. The van der Waals surface area contributed by atoms with Gasteiger partial charge in [0.1, 0.15) is 17.4 Å². The average Bonchev–Trinajstić information content (AvgIpc) is 2.76. The van der Waals surface area contributed by atoms with E-state index < -0.39 is 19.0 Å². The van der Waals surface area contributed by atoms with Crippen molar-refractivity contribution in [3.05, 3.63) is 71.3 Å². The third-order valence-corrected chi connectivity index (χ3v) is 4.61. The summed E-state index contributed by atoms with van der Waals surface area (Å²) in [4.78, 5) is 12.1. The number of hydrogen-bond donors (Lipinski definition) is 4. The lowest BCUT2D eigenvalue weighted by Crippen LogP contribution is -2.45. The number of benzene rings is 2. The fourth-order valence-corrected chi connectivity index (χ4v) is 3.05. The number of nitrogens with one attached hydrogen (secondary N) is 2. The first kappa shape index (κ1) is 25.1. The van der Waals surface area contributed by atoms with Gasteiger partial charge in [-0.1, -0.05) is 42.5 Å². The zero-order chi connectivity index (χ0) is 23.3. The normalized spacial score (nSPS) is 12.2. The van der Waals surface area contributed by atoms with Crippen molar-refractivity contribution in [2.45, 2.75) is 38.7 Å². The minimum absolute atomic E-state index is 0.0343. The molecule has 8 heteroatoms. The molecular weight excluding hydrogens is 405 g/mol. The molecule has 2 aromatic carbocycles. The number of ether oxygens (including phenoxy) is 1. The van der Waals surface area contributed by atoms with Gasteiger partial charge < -0.3 is 25.4 Å². The van der Waals surface area contributed by atoms with Crippen LogP contribution < -0.4 is 15.4 Å². The molecular formula is C24H30BN3O4. The van der Waals surface area contributed by atoms with Crippen LogP contribution in [0.5, 0.6) is 5.75 Å². The second-order valence-electron chi connectivity index (χ2n) is 7.74. The first-order chi connectivity index (χ1) is 15.4. The maximum absolute atomic E-state index is 12.1. The number of carbonyl (C=O) groups is 1. The molecule has 32 heavy (non-hydrogen) atoms. The molecule has 1 amide bonds. The number of hydrogen-bond acceptors (Lipinski definition) is 6. The van der Waals surface area contributed by atoms with Crippen molar-refractivity contribution in [1.29, 1.82) is 5.26 Å². The SMILES string of the molecule is CC(C)NC(=O)C(C#N)=Cc1cccc(OCCCN[C@@H](Cc2ccccc2)B(O)O)c1. The van der Waals surface area contributed by atoms with Crippen LogP contribution in [0.2, 0.25) is 0 Å². The van der Waals surface area contributed by atoms with Gasteiger partial charge in [0.2, 0.25) is 0 Å². The molecule has 0 heterocycles. The van der Waals surface area contributed by atoms with Gasteiger partial charge in [-0.25, -0.2) is 0 Å². The summed E-state index contributed by atoms with van der Waals surface area (Å²) in [5, 5.41) is 34.4. The fraction of sp³-hybridized carbons (Fsp3) is 0.333. The lowest BCUT2D eigenvalue weighted by atomic mass is 9.76. The highest BCUT2D eigenvalue weighted by atomic mass is 16.5. The van der Waals surface area contributed by atoms with E-state index >= 15 is 0 Å². The Bertz CT molecular complexity index is 926. The maximum atomic E-state index is 12.1. The zero-order valence-corrected chi connectivity index (χ0v) is 18.5. The van der Waals surface area contributed by atoms with Crippen molar-refractivity contribution in [2.24, 2.45) is 0 Å². The van der Waals surface area contributed by atoms with E-state index in [9.17, 15) is 20.1 Å². The molecule has 0 aliphatic rings. The van der Waals surface area contributed by atoms with Crippen LogP contribution in [-0.2, 0) is 11.2 Å². The standard InChI is InChI=1S/C24H30BN3O4/c1-18(2)28-24(29)21(17-26)14-20-10-6-11-22(15-20)32-13-7-12-27-23(25(30)31)16-19-8-4-3-5-9-19/h3-6,8-11,14-15,18,23,27,30-31H,7,12-13,16H2,1-2H3,(H,28,29)/t23-/m0/s1. The number of rotatable bonds is 12. The molecule has 0 aliphatic carbocycles. The second kappa shape index (κ2) is 13.3. The highest BCUT2D eigenvalue weighted by Crippen LogP contribution is 2.16. The summed E-state index contributed by atoms with van der Waals surface area (Å²) < 4.78 is 5.77. The Morgan fingerprint density at radius 2 is 1.94 bits per heavy atom. The Hall–Kier alpha value is -3.12. The lowest BCUT2D eigenvalue weighted by molar-refractivity contribution is -0.117. The van der Waals surface area contributed by atoms with Crippen molar-refractivity contribution < 1.29 is 19.6 Å². The number of carbonyl (C=O) groups excluding carboxylic acids is 1. The average molecular weight is 435 g/mol. The van der Waals surface area contributed by atoms with Crippen LogP contribution in [0.25, 0.3) is 6.08 Å². The van der Waals surface area contributed by atoms with Gasteiger partial charge in [-0.2, -0.15) is 5.26 Å². The molecule has 0 spiro atoms. The van der Waals surface area contributed by atoms with Crippen molar-refractivity contribution in [3.8, 4) is 11.8 Å². The van der Waals surface area contributed by atoms with Crippen LogP contribution in [0.15, 0.2) is 60.2 Å². The van der Waals surface area contributed by atoms with Crippen LogP contribution >= 0.6 is 0 Å². The largest absolute Gasteiger partial charge is 0.494 e. The topological polar surface area (TPSA) is 115 Å². The molecule has 0 aliphatic heterocycles. The van der Waals surface area contributed by atoms with Gasteiger partial charge in [0.25, 0.3) is 5.91 Å². The summed E-state index contributed by atoms with van der Waals surface area (Å²) in [6.07, 6.45) is 2.71. The van der Waals surface area contributed by atoms with Crippen LogP contribution in [0.3, 0.4) is 0 Å². The van der Waals surface area contributed by atoms with Crippen molar-refractivity contribution in [2.75, 3.05) is 13.2 Å². The van der Waals surface area contributed by atoms with Gasteiger partial charge in [0.15, 0.2) is 0 Å². The van der Waals surface area contributed by atoms with Crippen LogP contribution in [0.4, 0.5) is 0 Å². The summed E-state index contributed by atoms with van der Waals surface area (Å²) >= 11 is 0. The first-order valence-corrected chi connectivity index (χ1v) is 10.7. The highest BCUT2D eigenvalue weighted by Gasteiger charge is 2.22. The van der Waals surface area contributed by atoms with Gasteiger partial charge >= 0.3 is 7.12 Å². The molecule has 0 unspecified atom stereocenters. The summed E-state index contributed by atoms with van der Waals surface area (Å²) in [6.45, 7) is 4.66. The van der Waals surface area contributed by atoms with Crippen molar-refractivity contribution in [1.82, 2.24) is 10.6 Å². The predicted octanol–water partition coefficient (Wildman–Crippen LogP) is 2.10. The fourth-order valence-electron chi connectivity index (χ4n) is 3.05. The molecule has 0 aromatic heterocycles. The maximum Gasteiger partial charge on any atom is 0.469 e. The van der Waals surface area contributed by atoms with E-state index in [1.807, 2.05) is 50.2 Å². The summed E-state index contributed by atoms with van der Waals surface area (Å²) in [7, 11) is -1.46. The smallest absolute Gasteiger partial charge is 0.469 e. The molecule has 2 aromatic rings. The van der Waals surface area contributed by atoms with Gasteiger partial charge in [-0.15, -0.1) is 0 Å². The molecule has 0 bridgehead atoms. The number of nitrogens with zero attached hydrogens (tertiary/aromatic N) is 1. The summed E-state index contributed by atoms with van der Waals surface area (Å²) in [5.74, 6) is -0.244. The molecule has 0 fully saturated rings.